The van der Waals surface area contributed by atoms with Gasteiger partial charge in [-0.05, 0) is 55.8 Å². The maximum absolute atomic E-state index is 10.5. The molecule has 0 aromatic heterocycles. The molecule has 0 spiro atoms. The van der Waals surface area contributed by atoms with Crippen LogP contribution in [0.4, 0.5) is 0 Å². The lowest BCUT2D eigenvalue weighted by atomic mass is 9.66. The van der Waals surface area contributed by atoms with Crippen molar-refractivity contribution in [2.45, 2.75) is 59.0 Å². The van der Waals surface area contributed by atoms with Gasteiger partial charge < -0.3 is 10.2 Å². The number of hydrogen-bond acceptors (Lipinski definition) is 2. The van der Waals surface area contributed by atoms with Crippen molar-refractivity contribution in [2.24, 2.45) is 16.7 Å². The predicted octanol–water partition coefficient (Wildman–Crippen LogP) is 2.89. The van der Waals surface area contributed by atoms with Crippen LogP contribution in [0.3, 0.4) is 0 Å². The maximum atomic E-state index is 10.5. The fraction of sp³-hybridized carbons (Fsp3) is 0.867. The van der Waals surface area contributed by atoms with Crippen LogP contribution in [0.2, 0.25) is 0 Å². The van der Waals surface area contributed by atoms with Crippen molar-refractivity contribution in [3.63, 3.8) is 0 Å². The van der Waals surface area contributed by atoms with Crippen molar-refractivity contribution in [3.8, 4) is 0 Å². The van der Waals surface area contributed by atoms with E-state index in [0.29, 0.717) is 5.92 Å². The van der Waals surface area contributed by atoms with Crippen molar-refractivity contribution >= 4 is 0 Å². The molecule has 17 heavy (non-hydrogen) atoms. The smallest absolute Gasteiger partial charge is 0.0650 e. The summed E-state index contributed by atoms with van der Waals surface area (Å²) in [6, 6.07) is 0. The topological polar surface area (TPSA) is 40.5 Å². The van der Waals surface area contributed by atoms with Crippen molar-refractivity contribution in [2.75, 3.05) is 6.61 Å². The Morgan fingerprint density at radius 1 is 1.41 bits per heavy atom. The van der Waals surface area contributed by atoms with E-state index >= 15 is 0 Å². The molecule has 4 atom stereocenters. The lowest BCUT2D eigenvalue weighted by Crippen LogP contribution is -2.42. The largest absolute Gasteiger partial charge is 0.392 e. The van der Waals surface area contributed by atoms with Crippen LogP contribution < -0.4 is 0 Å². The Bertz CT molecular complexity index is 323. The molecule has 2 heteroatoms. The first-order valence-electron chi connectivity index (χ1n) is 6.87. The second-order valence-corrected chi connectivity index (χ2v) is 6.75. The molecule has 2 aliphatic rings. The van der Waals surface area contributed by atoms with Crippen LogP contribution in [0.15, 0.2) is 11.6 Å². The SMILES string of the molecule is C/C(=C/CC[C@]1(C)[C@H]2CC[C@](C)(C2)[C@H]1O)CO. The van der Waals surface area contributed by atoms with E-state index in [9.17, 15) is 5.11 Å². The van der Waals surface area contributed by atoms with Gasteiger partial charge in [0, 0.05) is 0 Å². The molecule has 0 radical (unpaired) electrons. The van der Waals surface area contributed by atoms with Crippen LogP contribution in [0.5, 0.6) is 0 Å². The molecule has 0 unspecified atom stereocenters. The molecule has 98 valence electrons. The van der Waals surface area contributed by atoms with Crippen LogP contribution in [0.25, 0.3) is 0 Å². The van der Waals surface area contributed by atoms with Crippen LogP contribution in [-0.4, -0.2) is 22.9 Å². The molecule has 2 N–H and O–H groups in total. The molecule has 2 fully saturated rings. The second-order valence-electron chi connectivity index (χ2n) is 6.75. The predicted molar refractivity (Wildman–Crippen MR) is 69.6 cm³/mol. The molecule has 0 saturated heterocycles. The summed E-state index contributed by atoms with van der Waals surface area (Å²) in [4.78, 5) is 0. The Morgan fingerprint density at radius 2 is 2.12 bits per heavy atom. The number of hydrogen-bond donors (Lipinski definition) is 2. The molecule has 0 aromatic rings. The van der Waals surface area contributed by atoms with Gasteiger partial charge in [-0.2, -0.15) is 0 Å². The zero-order valence-electron chi connectivity index (χ0n) is 11.4. The van der Waals surface area contributed by atoms with E-state index < -0.39 is 0 Å². The minimum atomic E-state index is -0.142. The number of rotatable bonds is 4. The highest BCUT2D eigenvalue weighted by atomic mass is 16.3. The number of allylic oxidation sites excluding steroid dienone is 1. The van der Waals surface area contributed by atoms with E-state index in [0.717, 1.165) is 18.4 Å². The van der Waals surface area contributed by atoms with Gasteiger partial charge in [0.05, 0.1) is 12.7 Å². The molecule has 2 nitrogen and oxygen atoms in total. The van der Waals surface area contributed by atoms with Crippen molar-refractivity contribution in [1.82, 2.24) is 0 Å². The molecule has 0 heterocycles. The van der Waals surface area contributed by atoms with Gasteiger partial charge >= 0.3 is 0 Å². The van der Waals surface area contributed by atoms with Crippen molar-refractivity contribution < 1.29 is 10.2 Å². The van der Waals surface area contributed by atoms with Gasteiger partial charge in [0.15, 0.2) is 0 Å². The van der Waals surface area contributed by atoms with Gasteiger partial charge in [0.1, 0.15) is 0 Å². The minimum Gasteiger partial charge on any atom is -0.392 e. The van der Waals surface area contributed by atoms with Gasteiger partial charge in [-0.15, -0.1) is 0 Å². The van der Waals surface area contributed by atoms with E-state index in [1.807, 2.05) is 6.92 Å². The first kappa shape index (κ1) is 13.1. The third-order valence-corrected chi connectivity index (χ3v) is 5.42. The Hall–Kier alpha value is -0.340. The van der Waals surface area contributed by atoms with E-state index in [2.05, 4.69) is 19.9 Å². The van der Waals surface area contributed by atoms with E-state index in [-0.39, 0.29) is 23.5 Å². The summed E-state index contributed by atoms with van der Waals surface area (Å²) < 4.78 is 0. The highest BCUT2D eigenvalue weighted by Crippen LogP contribution is 2.64. The van der Waals surface area contributed by atoms with Crippen LogP contribution in [-0.2, 0) is 0 Å². The summed E-state index contributed by atoms with van der Waals surface area (Å²) in [7, 11) is 0. The number of fused-ring (bicyclic) bond motifs is 2. The Labute approximate surface area is 105 Å². The maximum Gasteiger partial charge on any atom is 0.0650 e. The second kappa shape index (κ2) is 4.40. The molecular weight excluding hydrogens is 212 g/mol. The van der Waals surface area contributed by atoms with Gasteiger partial charge in [0.2, 0.25) is 0 Å². The average Bonchev–Trinajstić information content (AvgIpc) is 2.77. The molecule has 2 bridgehead atoms. The highest BCUT2D eigenvalue weighted by Gasteiger charge is 2.60. The normalized spacial score (nSPS) is 45.6. The van der Waals surface area contributed by atoms with Crippen LogP contribution >= 0.6 is 0 Å². The van der Waals surface area contributed by atoms with E-state index in [1.165, 1.54) is 19.3 Å². The van der Waals surface area contributed by atoms with Gasteiger partial charge in [0.25, 0.3) is 0 Å². The number of aliphatic hydroxyl groups is 2. The average molecular weight is 238 g/mol. The first-order valence-corrected chi connectivity index (χ1v) is 6.87. The fourth-order valence-corrected chi connectivity index (χ4v) is 4.14. The molecule has 0 aromatic carbocycles. The molecular formula is C15H26O2. The van der Waals surface area contributed by atoms with Crippen molar-refractivity contribution in [3.05, 3.63) is 11.6 Å². The van der Waals surface area contributed by atoms with E-state index in [4.69, 9.17) is 5.11 Å². The standard InChI is InChI=1S/C15H26O2/c1-11(10-16)5-4-7-15(3)12-6-8-14(2,9-12)13(15)17/h5,12-13,16-17H,4,6-10H2,1-3H3/b11-5-/t12-,13+,14+,15+/m0/s1. The Kier molecular flexibility index (Phi) is 3.39. The highest BCUT2D eigenvalue weighted by molar-refractivity contribution is 5.11. The van der Waals surface area contributed by atoms with Crippen LogP contribution in [0.1, 0.15) is 52.9 Å². The number of aliphatic hydroxyl groups excluding tert-OH is 2. The third-order valence-electron chi connectivity index (χ3n) is 5.42. The molecule has 2 aliphatic carbocycles. The summed E-state index contributed by atoms with van der Waals surface area (Å²) in [6.45, 7) is 6.62. The first-order chi connectivity index (χ1) is 7.92. The Balaban J connectivity index is 2.01. The van der Waals surface area contributed by atoms with Gasteiger partial charge in [-0.1, -0.05) is 25.5 Å². The summed E-state index contributed by atoms with van der Waals surface area (Å²) >= 11 is 0. The lowest BCUT2D eigenvalue weighted by molar-refractivity contribution is -0.0481. The fourth-order valence-electron chi connectivity index (χ4n) is 4.14. The zero-order chi connectivity index (χ0) is 12.7. The summed E-state index contributed by atoms with van der Waals surface area (Å²) in [5.41, 5.74) is 1.31. The minimum absolute atomic E-state index is 0.0965. The summed E-state index contributed by atoms with van der Waals surface area (Å²) in [5, 5.41) is 19.5. The molecule has 0 amide bonds. The summed E-state index contributed by atoms with van der Waals surface area (Å²) in [5.74, 6) is 0.699. The zero-order valence-corrected chi connectivity index (χ0v) is 11.4. The summed E-state index contributed by atoms with van der Waals surface area (Å²) in [6.07, 6.45) is 7.68. The lowest BCUT2D eigenvalue weighted by Gasteiger charge is -2.41. The van der Waals surface area contributed by atoms with Gasteiger partial charge in [-0.3, -0.25) is 0 Å². The van der Waals surface area contributed by atoms with Crippen molar-refractivity contribution in [1.29, 1.82) is 0 Å². The third kappa shape index (κ3) is 2.06. The van der Waals surface area contributed by atoms with E-state index in [1.54, 1.807) is 0 Å². The Morgan fingerprint density at radius 3 is 2.65 bits per heavy atom. The monoisotopic (exact) mass is 238 g/mol. The molecule has 2 saturated carbocycles. The van der Waals surface area contributed by atoms with Gasteiger partial charge in [-0.25, -0.2) is 0 Å². The molecule has 2 rings (SSSR count). The molecule has 0 aliphatic heterocycles. The quantitative estimate of drug-likeness (QED) is 0.739. The van der Waals surface area contributed by atoms with Crippen LogP contribution in [0, 0.1) is 16.7 Å².